The van der Waals surface area contributed by atoms with Crippen molar-refractivity contribution in [1.29, 1.82) is 0 Å². The number of fused-ring (bicyclic) bond motifs is 2. The molecule has 0 radical (unpaired) electrons. The molecule has 2 aromatic rings. The molecule has 0 unspecified atom stereocenters. The van der Waals surface area contributed by atoms with Gasteiger partial charge in [-0.25, -0.2) is 0 Å². The van der Waals surface area contributed by atoms with E-state index in [0.717, 1.165) is 38.6 Å². The predicted molar refractivity (Wildman–Crippen MR) is 143 cm³/mol. The van der Waals surface area contributed by atoms with Crippen molar-refractivity contribution >= 4 is 11.8 Å². The number of carbonyl (C=O) groups excluding carboxylic acids is 2. The zero-order chi connectivity index (χ0) is 26.9. The molecule has 0 N–H and O–H groups in total. The Hall–Kier alpha value is -2.94. The third kappa shape index (κ3) is 7.34. The van der Waals surface area contributed by atoms with Crippen LogP contribution in [-0.2, 0) is 16.0 Å². The van der Waals surface area contributed by atoms with Crippen LogP contribution in [0.25, 0.3) is 0 Å². The summed E-state index contributed by atoms with van der Waals surface area (Å²) in [6.07, 6.45) is 6.62. The molecule has 9 heteroatoms. The summed E-state index contributed by atoms with van der Waals surface area (Å²) >= 11 is 0. The number of benzene rings is 1. The molecule has 1 fully saturated rings. The van der Waals surface area contributed by atoms with Crippen LogP contribution in [0.1, 0.15) is 93.7 Å². The van der Waals surface area contributed by atoms with Gasteiger partial charge in [0.1, 0.15) is 18.0 Å². The summed E-state index contributed by atoms with van der Waals surface area (Å²) in [6, 6.07) is 7.41. The molecule has 1 aromatic carbocycles. The van der Waals surface area contributed by atoms with Gasteiger partial charge in [-0.2, -0.15) is 4.98 Å². The van der Waals surface area contributed by atoms with E-state index in [9.17, 15) is 9.59 Å². The number of ether oxygens (including phenoxy) is 2. The number of amides is 2. The van der Waals surface area contributed by atoms with E-state index in [-0.39, 0.29) is 36.4 Å². The van der Waals surface area contributed by atoms with E-state index < -0.39 is 0 Å². The topological polar surface area (TPSA) is 98.0 Å². The standard InChI is InChI=1S/C29H42N4O5/c1-4-32-17-11-7-5-6-8-12-18-36-24-19-33(27(34)16-15-26-30-28(21(2)3)31-38-26)20-25(24)37-23-14-10-9-13-22(23)29(32)35/h9-10,13-14,21,24-25H,4-8,11-12,15-20H2,1-3H3/t24-,25-/m1/s1. The molecule has 2 aliphatic heterocycles. The van der Waals surface area contributed by atoms with Gasteiger partial charge in [0, 0.05) is 38.5 Å². The summed E-state index contributed by atoms with van der Waals surface area (Å²) in [5.74, 6) is 1.84. The van der Waals surface area contributed by atoms with Crippen molar-refractivity contribution in [1.82, 2.24) is 19.9 Å². The van der Waals surface area contributed by atoms with Gasteiger partial charge < -0.3 is 23.8 Å². The second-order valence-corrected chi connectivity index (χ2v) is 10.6. The summed E-state index contributed by atoms with van der Waals surface area (Å²) in [5.41, 5.74) is 0.558. The molecule has 38 heavy (non-hydrogen) atoms. The molecule has 2 aliphatic rings. The molecule has 0 spiro atoms. The lowest BCUT2D eigenvalue weighted by molar-refractivity contribution is -0.130. The van der Waals surface area contributed by atoms with E-state index in [0.29, 0.717) is 55.7 Å². The minimum absolute atomic E-state index is 0.00130. The Balaban J connectivity index is 1.47. The Kier molecular flexibility index (Phi) is 10.1. The van der Waals surface area contributed by atoms with E-state index in [4.69, 9.17) is 14.0 Å². The monoisotopic (exact) mass is 526 g/mol. The Morgan fingerprint density at radius 3 is 2.55 bits per heavy atom. The van der Waals surface area contributed by atoms with Crippen LogP contribution in [-0.4, -0.2) is 76.7 Å². The summed E-state index contributed by atoms with van der Waals surface area (Å²) < 4.78 is 18.0. The summed E-state index contributed by atoms with van der Waals surface area (Å²) in [4.78, 5) is 34.6. The third-order valence-electron chi connectivity index (χ3n) is 7.34. The molecular formula is C29H42N4O5. The minimum Gasteiger partial charge on any atom is -0.485 e. The summed E-state index contributed by atoms with van der Waals surface area (Å²) in [7, 11) is 0. The Morgan fingerprint density at radius 2 is 1.79 bits per heavy atom. The Morgan fingerprint density at radius 1 is 1.05 bits per heavy atom. The van der Waals surface area contributed by atoms with Crippen molar-refractivity contribution in [3.63, 3.8) is 0 Å². The fraction of sp³-hybridized carbons (Fsp3) is 0.655. The number of aryl methyl sites for hydroxylation is 1. The number of likely N-dealkylation sites (tertiary alicyclic amines) is 1. The van der Waals surface area contributed by atoms with Crippen LogP contribution in [0.4, 0.5) is 0 Å². The van der Waals surface area contributed by atoms with E-state index >= 15 is 0 Å². The first-order valence-corrected chi connectivity index (χ1v) is 14.2. The highest BCUT2D eigenvalue weighted by molar-refractivity contribution is 5.97. The van der Waals surface area contributed by atoms with Gasteiger partial charge in [0.25, 0.3) is 5.91 Å². The van der Waals surface area contributed by atoms with Crippen molar-refractivity contribution in [2.75, 3.05) is 32.8 Å². The second kappa shape index (κ2) is 13.7. The van der Waals surface area contributed by atoms with E-state index in [1.54, 1.807) is 4.90 Å². The van der Waals surface area contributed by atoms with Crippen molar-refractivity contribution in [2.24, 2.45) is 0 Å². The number of para-hydroxylation sites is 1. The first-order chi connectivity index (χ1) is 18.5. The van der Waals surface area contributed by atoms with Gasteiger partial charge in [-0.05, 0) is 31.9 Å². The third-order valence-corrected chi connectivity index (χ3v) is 7.34. The highest BCUT2D eigenvalue weighted by Gasteiger charge is 2.38. The van der Waals surface area contributed by atoms with Gasteiger partial charge >= 0.3 is 0 Å². The molecule has 3 heterocycles. The maximum Gasteiger partial charge on any atom is 0.257 e. The van der Waals surface area contributed by atoms with Gasteiger partial charge in [0.2, 0.25) is 11.8 Å². The number of hydrogen-bond acceptors (Lipinski definition) is 7. The first-order valence-electron chi connectivity index (χ1n) is 14.2. The number of hydrogen-bond donors (Lipinski definition) is 0. The maximum atomic E-state index is 13.4. The fourth-order valence-electron chi connectivity index (χ4n) is 5.03. The lowest BCUT2D eigenvalue weighted by Gasteiger charge is -2.25. The first kappa shape index (κ1) is 28.1. The van der Waals surface area contributed by atoms with Crippen LogP contribution in [0.15, 0.2) is 28.8 Å². The Labute approximate surface area is 225 Å². The smallest absolute Gasteiger partial charge is 0.257 e. The van der Waals surface area contributed by atoms with Gasteiger partial charge in [0.15, 0.2) is 5.82 Å². The molecule has 208 valence electrons. The van der Waals surface area contributed by atoms with E-state index in [1.165, 1.54) is 6.42 Å². The molecule has 1 saturated heterocycles. The average molecular weight is 527 g/mol. The SMILES string of the molecule is CCN1CCCCCCCCO[C@@H]2CN(C(=O)CCc3nc(C(C)C)no3)C[C@H]2Oc2ccccc2C1=O. The highest BCUT2D eigenvalue weighted by atomic mass is 16.5. The van der Waals surface area contributed by atoms with Gasteiger partial charge in [0.05, 0.1) is 18.7 Å². The van der Waals surface area contributed by atoms with Gasteiger partial charge in [-0.1, -0.05) is 56.8 Å². The highest BCUT2D eigenvalue weighted by Crippen LogP contribution is 2.27. The van der Waals surface area contributed by atoms with Crippen molar-refractivity contribution in [2.45, 2.75) is 90.3 Å². The fourth-order valence-corrected chi connectivity index (χ4v) is 5.03. The minimum atomic E-state index is -0.355. The van der Waals surface area contributed by atoms with Crippen LogP contribution in [0.3, 0.4) is 0 Å². The van der Waals surface area contributed by atoms with Crippen LogP contribution >= 0.6 is 0 Å². The predicted octanol–water partition coefficient (Wildman–Crippen LogP) is 4.62. The van der Waals surface area contributed by atoms with Crippen molar-refractivity contribution < 1.29 is 23.6 Å². The van der Waals surface area contributed by atoms with Crippen LogP contribution in [0.2, 0.25) is 0 Å². The lowest BCUT2D eigenvalue weighted by Crippen LogP contribution is -2.35. The number of carbonyl (C=O) groups is 2. The quantitative estimate of drug-likeness (QED) is 0.561. The number of aromatic nitrogens is 2. The molecular weight excluding hydrogens is 484 g/mol. The largest absolute Gasteiger partial charge is 0.485 e. The molecule has 2 atom stereocenters. The maximum absolute atomic E-state index is 13.4. The Bertz CT molecular complexity index is 1060. The van der Waals surface area contributed by atoms with E-state index in [2.05, 4.69) is 10.1 Å². The second-order valence-electron chi connectivity index (χ2n) is 10.6. The zero-order valence-electron chi connectivity index (χ0n) is 23.1. The van der Waals surface area contributed by atoms with Gasteiger partial charge in [-0.15, -0.1) is 0 Å². The normalized spacial score (nSPS) is 21.7. The zero-order valence-corrected chi connectivity index (χ0v) is 23.1. The van der Waals surface area contributed by atoms with Gasteiger partial charge in [-0.3, -0.25) is 9.59 Å². The lowest BCUT2D eigenvalue weighted by atomic mass is 10.1. The van der Waals surface area contributed by atoms with Crippen LogP contribution in [0, 0.1) is 0 Å². The average Bonchev–Trinajstić information content (AvgIpc) is 3.55. The van der Waals surface area contributed by atoms with Crippen molar-refractivity contribution in [3.8, 4) is 5.75 Å². The summed E-state index contributed by atoms with van der Waals surface area (Å²) in [5, 5.41) is 3.99. The molecule has 2 amide bonds. The molecule has 0 saturated carbocycles. The molecule has 9 nitrogen and oxygen atoms in total. The van der Waals surface area contributed by atoms with E-state index in [1.807, 2.05) is 49.9 Å². The number of rotatable bonds is 5. The van der Waals surface area contributed by atoms with Crippen molar-refractivity contribution in [3.05, 3.63) is 41.5 Å². The molecule has 1 aromatic heterocycles. The molecule has 0 bridgehead atoms. The molecule has 0 aliphatic carbocycles. The van der Waals surface area contributed by atoms with Crippen LogP contribution in [0.5, 0.6) is 5.75 Å². The molecule has 4 rings (SSSR count). The summed E-state index contributed by atoms with van der Waals surface area (Å²) in [6.45, 7) is 8.93. The number of nitrogens with zero attached hydrogens (tertiary/aromatic N) is 4. The van der Waals surface area contributed by atoms with Crippen LogP contribution < -0.4 is 4.74 Å².